The van der Waals surface area contributed by atoms with Gasteiger partial charge in [0.1, 0.15) is 0 Å². The van der Waals surface area contributed by atoms with E-state index in [1.54, 1.807) is 4.57 Å². The molecule has 1 heterocycles. The third-order valence-electron chi connectivity index (χ3n) is 3.77. The Labute approximate surface area is 126 Å². The summed E-state index contributed by atoms with van der Waals surface area (Å²) < 4.78 is 6.73. The topological polar surface area (TPSA) is 31.2 Å². The lowest BCUT2D eigenvalue weighted by Crippen LogP contribution is -2.15. The molecule has 3 heteroatoms. The van der Waals surface area contributed by atoms with Crippen molar-refractivity contribution < 1.29 is 9.53 Å². The fourth-order valence-corrected chi connectivity index (χ4v) is 2.73. The van der Waals surface area contributed by atoms with Gasteiger partial charge in [-0.1, -0.05) is 43.7 Å². The number of benzene rings is 1. The van der Waals surface area contributed by atoms with E-state index in [4.69, 9.17) is 4.74 Å². The largest absolute Gasteiger partial charge is 0.452 e. The number of unbranched alkanes of at least 4 members (excludes halogenated alkanes) is 1. The van der Waals surface area contributed by atoms with Crippen LogP contribution in [0.1, 0.15) is 37.9 Å². The molecule has 0 saturated heterocycles. The van der Waals surface area contributed by atoms with Crippen molar-refractivity contribution in [2.45, 2.75) is 39.5 Å². The van der Waals surface area contributed by atoms with Crippen molar-refractivity contribution in [1.29, 1.82) is 0 Å². The molecule has 1 aromatic carbocycles. The monoisotopic (exact) mass is 285 g/mol. The van der Waals surface area contributed by atoms with Crippen molar-refractivity contribution in [2.24, 2.45) is 0 Å². The zero-order valence-corrected chi connectivity index (χ0v) is 13.1. The zero-order valence-electron chi connectivity index (χ0n) is 13.1. The number of para-hydroxylation sites is 1. The molecular formula is C18H23NO2. The Kier molecular flexibility index (Phi) is 5.20. The molecule has 0 bridgehead atoms. The summed E-state index contributed by atoms with van der Waals surface area (Å²) in [5.74, 6) is 0. The Bertz CT molecular complexity index is 653. The van der Waals surface area contributed by atoms with Crippen molar-refractivity contribution in [1.82, 2.24) is 4.57 Å². The minimum atomic E-state index is -0.302. The number of methoxy groups -OCH3 is 1. The number of hydrogen-bond donors (Lipinski definition) is 0. The van der Waals surface area contributed by atoms with Crippen LogP contribution in [0, 0.1) is 0 Å². The molecule has 0 aliphatic rings. The van der Waals surface area contributed by atoms with Gasteiger partial charge in [-0.15, -0.1) is 0 Å². The Balaban J connectivity index is 2.67. The summed E-state index contributed by atoms with van der Waals surface area (Å²) in [6, 6.07) is 8.06. The molecule has 112 valence electrons. The van der Waals surface area contributed by atoms with Gasteiger partial charge in [-0.2, -0.15) is 0 Å². The normalized spacial score (nSPS) is 11.4. The molecule has 2 rings (SSSR count). The van der Waals surface area contributed by atoms with Crippen LogP contribution >= 0.6 is 0 Å². The molecule has 0 atom stereocenters. The van der Waals surface area contributed by atoms with Crippen LogP contribution in [0.2, 0.25) is 0 Å². The van der Waals surface area contributed by atoms with E-state index in [0.717, 1.165) is 42.3 Å². The van der Waals surface area contributed by atoms with Crippen LogP contribution in [-0.4, -0.2) is 17.8 Å². The van der Waals surface area contributed by atoms with Gasteiger partial charge in [0.05, 0.1) is 12.6 Å². The summed E-state index contributed by atoms with van der Waals surface area (Å²) >= 11 is 0. The number of fused-ring (bicyclic) bond motifs is 1. The standard InChI is InChI=1S/C18H23NO2/c1-4-6-10-14-15-11-8-9-13-17(15)19(18(20)21-3)16(14)12-7-5-2/h4,6,8-9,11,13H,5,7,10,12H2,1-3H3/b6-4+. The third kappa shape index (κ3) is 3.02. The number of rotatable bonds is 5. The van der Waals surface area contributed by atoms with Crippen LogP contribution in [0.25, 0.3) is 10.9 Å². The zero-order chi connectivity index (χ0) is 15.2. The number of carbonyl (C=O) groups is 1. The Morgan fingerprint density at radius 3 is 2.76 bits per heavy atom. The molecule has 1 aromatic heterocycles. The lowest BCUT2D eigenvalue weighted by molar-refractivity contribution is 0.173. The van der Waals surface area contributed by atoms with Crippen molar-refractivity contribution in [2.75, 3.05) is 7.11 Å². The van der Waals surface area contributed by atoms with Gasteiger partial charge in [-0.25, -0.2) is 9.36 Å². The maximum absolute atomic E-state index is 12.2. The molecule has 0 aliphatic carbocycles. The minimum absolute atomic E-state index is 0.302. The molecule has 0 unspecified atom stereocenters. The van der Waals surface area contributed by atoms with Crippen LogP contribution in [0.3, 0.4) is 0 Å². The first kappa shape index (κ1) is 15.4. The maximum Gasteiger partial charge on any atom is 0.418 e. The summed E-state index contributed by atoms with van der Waals surface area (Å²) in [5.41, 5.74) is 3.26. The molecule has 0 N–H and O–H groups in total. The number of allylic oxidation sites excluding steroid dienone is 2. The summed E-state index contributed by atoms with van der Waals surface area (Å²) in [5, 5.41) is 1.15. The fraction of sp³-hybridized carbons (Fsp3) is 0.389. The van der Waals surface area contributed by atoms with Gasteiger partial charge in [0.25, 0.3) is 0 Å². The smallest absolute Gasteiger partial charge is 0.418 e. The average molecular weight is 285 g/mol. The van der Waals surface area contributed by atoms with Gasteiger partial charge >= 0.3 is 6.09 Å². The lowest BCUT2D eigenvalue weighted by atomic mass is 10.0. The van der Waals surface area contributed by atoms with Crippen LogP contribution in [0.4, 0.5) is 4.79 Å². The van der Waals surface area contributed by atoms with Crippen LogP contribution in [0.5, 0.6) is 0 Å². The lowest BCUT2D eigenvalue weighted by Gasteiger charge is -2.09. The maximum atomic E-state index is 12.2. The van der Waals surface area contributed by atoms with E-state index in [0.29, 0.717) is 0 Å². The van der Waals surface area contributed by atoms with Gasteiger partial charge < -0.3 is 4.74 Å². The quantitative estimate of drug-likeness (QED) is 0.744. The summed E-state index contributed by atoms with van der Waals surface area (Å²) in [4.78, 5) is 12.2. The average Bonchev–Trinajstić information content (AvgIpc) is 2.83. The van der Waals surface area contributed by atoms with Gasteiger partial charge in [-0.05, 0) is 37.8 Å². The minimum Gasteiger partial charge on any atom is -0.452 e. The number of aromatic nitrogens is 1. The van der Waals surface area contributed by atoms with Crippen LogP contribution in [0.15, 0.2) is 36.4 Å². The predicted molar refractivity (Wildman–Crippen MR) is 86.9 cm³/mol. The van der Waals surface area contributed by atoms with E-state index >= 15 is 0 Å². The molecule has 21 heavy (non-hydrogen) atoms. The van der Waals surface area contributed by atoms with E-state index in [1.807, 2.05) is 31.2 Å². The Morgan fingerprint density at radius 1 is 1.33 bits per heavy atom. The highest BCUT2D eigenvalue weighted by Crippen LogP contribution is 2.28. The van der Waals surface area contributed by atoms with Crippen molar-refractivity contribution in [3.63, 3.8) is 0 Å². The van der Waals surface area contributed by atoms with Gasteiger partial charge in [0.2, 0.25) is 0 Å². The molecular weight excluding hydrogens is 262 g/mol. The van der Waals surface area contributed by atoms with E-state index in [-0.39, 0.29) is 6.09 Å². The summed E-state index contributed by atoms with van der Waals surface area (Å²) in [6.07, 6.45) is 7.80. The molecule has 0 saturated carbocycles. The third-order valence-corrected chi connectivity index (χ3v) is 3.77. The van der Waals surface area contributed by atoms with Gasteiger partial charge in [0.15, 0.2) is 0 Å². The van der Waals surface area contributed by atoms with Crippen LogP contribution < -0.4 is 0 Å². The molecule has 2 aromatic rings. The molecule has 0 aliphatic heterocycles. The van der Waals surface area contributed by atoms with Crippen LogP contribution in [-0.2, 0) is 17.6 Å². The van der Waals surface area contributed by atoms with Crippen molar-refractivity contribution in [3.05, 3.63) is 47.7 Å². The number of ether oxygens (including phenoxy) is 1. The highest BCUT2D eigenvalue weighted by molar-refractivity contribution is 5.93. The number of hydrogen-bond acceptors (Lipinski definition) is 2. The van der Waals surface area contributed by atoms with Gasteiger partial charge in [-0.3, -0.25) is 0 Å². The first-order valence-corrected chi connectivity index (χ1v) is 7.55. The Hall–Kier alpha value is -2.03. The molecule has 3 nitrogen and oxygen atoms in total. The number of nitrogens with zero attached hydrogens (tertiary/aromatic N) is 1. The van der Waals surface area contributed by atoms with E-state index in [9.17, 15) is 4.79 Å². The van der Waals surface area contributed by atoms with Crippen molar-refractivity contribution >= 4 is 17.0 Å². The van der Waals surface area contributed by atoms with E-state index < -0.39 is 0 Å². The van der Waals surface area contributed by atoms with E-state index in [1.165, 1.54) is 12.7 Å². The molecule has 0 radical (unpaired) electrons. The number of carbonyl (C=O) groups excluding carboxylic acids is 1. The summed E-state index contributed by atoms with van der Waals surface area (Å²) in [7, 11) is 1.44. The second-order valence-corrected chi connectivity index (χ2v) is 5.12. The SMILES string of the molecule is C/C=C/Cc1c(CCCC)n(C(=O)OC)c2ccccc12. The first-order chi connectivity index (χ1) is 10.2. The molecule has 0 amide bonds. The fourth-order valence-electron chi connectivity index (χ4n) is 2.73. The van der Waals surface area contributed by atoms with E-state index in [2.05, 4.69) is 19.1 Å². The highest BCUT2D eigenvalue weighted by Gasteiger charge is 2.20. The molecule has 0 fully saturated rings. The van der Waals surface area contributed by atoms with Gasteiger partial charge in [0, 0.05) is 11.1 Å². The van der Waals surface area contributed by atoms with Crippen molar-refractivity contribution in [3.8, 4) is 0 Å². The summed E-state index contributed by atoms with van der Waals surface area (Å²) in [6.45, 7) is 4.18. The highest BCUT2D eigenvalue weighted by atomic mass is 16.5. The first-order valence-electron chi connectivity index (χ1n) is 7.55. The second-order valence-electron chi connectivity index (χ2n) is 5.12. The predicted octanol–water partition coefficient (Wildman–Crippen LogP) is 4.72. The molecule has 0 spiro atoms. The Morgan fingerprint density at radius 2 is 2.10 bits per heavy atom. The second kappa shape index (κ2) is 7.11.